The molecule has 1 saturated heterocycles. The zero-order valence-corrected chi connectivity index (χ0v) is 17.7. The molecule has 1 fully saturated rings. The van der Waals surface area contributed by atoms with Crippen LogP contribution in [0.2, 0.25) is 0 Å². The fourth-order valence-corrected chi connectivity index (χ4v) is 3.05. The second-order valence-electron chi connectivity index (χ2n) is 7.64. The lowest BCUT2D eigenvalue weighted by Crippen LogP contribution is -2.41. The molecule has 1 unspecified atom stereocenters. The van der Waals surface area contributed by atoms with Crippen LogP contribution in [0.25, 0.3) is 0 Å². The number of carbonyl (C=O) groups excluding carboxylic acids is 1. The first-order valence-corrected chi connectivity index (χ1v) is 9.83. The van der Waals surface area contributed by atoms with Gasteiger partial charge in [0.15, 0.2) is 0 Å². The van der Waals surface area contributed by atoms with Gasteiger partial charge in [-0.3, -0.25) is 4.79 Å². The third kappa shape index (κ3) is 5.21. The van der Waals surface area contributed by atoms with Crippen LogP contribution in [-0.2, 0) is 18.8 Å². The number of unbranched alkanes of at least 4 members (excludes halogenated alkanes) is 1. The van der Waals surface area contributed by atoms with E-state index in [1.165, 1.54) is 0 Å². The van der Waals surface area contributed by atoms with Gasteiger partial charge in [0.2, 0.25) is 0 Å². The van der Waals surface area contributed by atoms with Crippen LogP contribution in [0.4, 0.5) is 0 Å². The fourth-order valence-electron chi connectivity index (χ4n) is 2.79. The van der Waals surface area contributed by atoms with Crippen molar-refractivity contribution in [1.29, 1.82) is 0 Å². The van der Waals surface area contributed by atoms with Crippen molar-refractivity contribution in [3.05, 3.63) is 47.0 Å². The fraction of sp³-hybridized carbons (Fsp3) is 0.550. The minimum absolute atomic E-state index is 0.215. The Morgan fingerprint density at radius 2 is 1.81 bits per heavy atom. The molecule has 0 amide bonds. The SMILES string of the molecule is C=CCCCOC(=O)CC(B1OC(C)(C)C(C)(C)O1)c1ccc(Br)cc1. The number of carbonyl (C=O) groups is 1. The van der Waals surface area contributed by atoms with Crippen LogP contribution in [-0.4, -0.2) is 30.9 Å². The number of halogens is 1. The molecule has 1 aliphatic heterocycles. The molecular formula is C20H28BBrO4. The zero-order chi connectivity index (χ0) is 19.4. The van der Waals surface area contributed by atoms with E-state index in [0.717, 1.165) is 22.9 Å². The predicted octanol–water partition coefficient (Wildman–Crippen LogP) is 5.06. The molecule has 4 nitrogen and oxygen atoms in total. The highest BCUT2D eigenvalue weighted by Crippen LogP contribution is 2.42. The molecule has 1 aromatic carbocycles. The smallest absolute Gasteiger partial charge is 0.466 e. The van der Waals surface area contributed by atoms with Crippen molar-refractivity contribution in [3.63, 3.8) is 0 Å². The highest BCUT2D eigenvalue weighted by Gasteiger charge is 2.54. The van der Waals surface area contributed by atoms with E-state index in [1.807, 2.05) is 58.0 Å². The van der Waals surface area contributed by atoms with Crippen LogP contribution in [0, 0.1) is 0 Å². The molecule has 1 heterocycles. The third-order valence-corrected chi connectivity index (χ3v) is 5.63. The third-order valence-electron chi connectivity index (χ3n) is 5.10. The van der Waals surface area contributed by atoms with Crippen molar-refractivity contribution in [3.8, 4) is 0 Å². The van der Waals surface area contributed by atoms with E-state index >= 15 is 0 Å². The zero-order valence-electron chi connectivity index (χ0n) is 16.1. The quantitative estimate of drug-likeness (QED) is 0.254. The first-order valence-electron chi connectivity index (χ1n) is 9.04. The number of rotatable bonds is 8. The first kappa shape index (κ1) is 21.2. The maximum Gasteiger partial charge on any atom is 0.466 e. The van der Waals surface area contributed by atoms with Crippen molar-refractivity contribution >= 4 is 29.0 Å². The van der Waals surface area contributed by atoms with E-state index in [9.17, 15) is 4.79 Å². The van der Waals surface area contributed by atoms with Gasteiger partial charge in [-0.25, -0.2) is 0 Å². The van der Waals surface area contributed by atoms with Gasteiger partial charge >= 0.3 is 13.1 Å². The average molecular weight is 423 g/mol. The lowest BCUT2D eigenvalue weighted by Gasteiger charge is -2.32. The monoisotopic (exact) mass is 422 g/mol. The number of hydrogen-bond acceptors (Lipinski definition) is 4. The van der Waals surface area contributed by atoms with Gasteiger partial charge in [-0.1, -0.05) is 34.1 Å². The summed E-state index contributed by atoms with van der Waals surface area (Å²) >= 11 is 3.45. The highest BCUT2D eigenvalue weighted by atomic mass is 79.9. The number of benzene rings is 1. The lowest BCUT2D eigenvalue weighted by atomic mass is 9.66. The van der Waals surface area contributed by atoms with Crippen LogP contribution < -0.4 is 0 Å². The van der Waals surface area contributed by atoms with Crippen LogP contribution in [0.5, 0.6) is 0 Å². The summed E-state index contributed by atoms with van der Waals surface area (Å²) in [5.74, 6) is -0.465. The molecule has 26 heavy (non-hydrogen) atoms. The average Bonchev–Trinajstić information content (AvgIpc) is 2.78. The number of allylic oxidation sites excluding steroid dienone is 1. The van der Waals surface area contributed by atoms with Gasteiger partial charge in [-0.05, 0) is 58.2 Å². The molecule has 0 spiro atoms. The second-order valence-corrected chi connectivity index (χ2v) is 8.55. The van der Waals surface area contributed by atoms with Gasteiger partial charge in [-0.2, -0.15) is 0 Å². The van der Waals surface area contributed by atoms with E-state index in [1.54, 1.807) is 0 Å². The molecule has 0 saturated carbocycles. The molecule has 6 heteroatoms. The highest BCUT2D eigenvalue weighted by molar-refractivity contribution is 9.10. The minimum atomic E-state index is -0.498. The Bertz CT molecular complexity index is 611. The Morgan fingerprint density at radius 3 is 2.35 bits per heavy atom. The van der Waals surface area contributed by atoms with Gasteiger partial charge in [-0.15, -0.1) is 6.58 Å². The summed E-state index contributed by atoms with van der Waals surface area (Å²) in [4.78, 5) is 12.4. The number of hydrogen-bond donors (Lipinski definition) is 0. The Balaban J connectivity index is 2.14. The molecule has 0 aliphatic carbocycles. The minimum Gasteiger partial charge on any atom is -0.466 e. The maximum atomic E-state index is 12.4. The topological polar surface area (TPSA) is 44.8 Å². The van der Waals surface area contributed by atoms with Gasteiger partial charge in [0, 0.05) is 10.3 Å². The molecule has 0 bridgehead atoms. The van der Waals surface area contributed by atoms with Crippen LogP contribution >= 0.6 is 15.9 Å². The van der Waals surface area contributed by atoms with Gasteiger partial charge in [0.05, 0.1) is 24.2 Å². The van der Waals surface area contributed by atoms with Crippen LogP contribution in [0.3, 0.4) is 0 Å². The summed E-state index contributed by atoms with van der Waals surface area (Å²) in [5, 5.41) is 0. The summed E-state index contributed by atoms with van der Waals surface area (Å²) in [5.41, 5.74) is 0.105. The molecule has 1 atom stereocenters. The summed E-state index contributed by atoms with van der Waals surface area (Å²) in [6, 6.07) is 7.90. The predicted molar refractivity (Wildman–Crippen MR) is 108 cm³/mol. The molecule has 0 radical (unpaired) electrons. The van der Waals surface area contributed by atoms with Crippen molar-refractivity contribution in [2.45, 2.75) is 64.0 Å². The van der Waals surface area contributed by atoms with Crippen molar-refractivity contribution < 1.29 is 18.8 Å². The molecule has 0 aromatic heterocycles. The molecule has 1 aromatic rings. The molecule has 2 rings (SSSR count). The Morgan fingerprint density at radius 1 is 1.23 bits per heavy atom. The van der Waals surface area contributed by atoms with E-state index in [4.69, 9.17) is 14.0 Å². The van der Waals surface area contributed by atoms with E-state index in [0.29, 0.717) is 6.61 Å². The molecule has 142 valence electrons. The number of esters is 1. The summed E-state index contributed by atoms with van der Waals surface area (Å²) in [7, 11) is -0.498. The summed E-state index contributed by atoms with van der Waals surface area (Å²) in [6.07, 6.45) is 3.66. The van der Waals surface area contributed by atoms with E-state index in [2.05, 4.69) is 22.5 Å². The molecule has 1 aliphatic rings. The van der Waals surface area contributed by atoms with Crippen LogP contribution in [0.1, 0.15) is 58.3 Å². The summed E-state index contributed by atoms with van der Waals surface area (Å²) in [6.45, 7) is 12.1. The Hall–Kier alpha value is -1.11. The summed E-state index contributed by atoms with van der Waals surface area (Å²) < 4.78 is 18.8. The molecular weight excluding hydrogens is 395 g/mol. The van der Waals surface area contributed by atoms with Gasteiger partial charge in [0.25, 0.3) is 0 Å². The van der Waals surface area contributed by atoms with Gasteiger partial charge < -0.3 is 14.0 Å². The Labute approximate surface area is 165 Å². The molecule has 0 N–H and O–H groups in total. The van der Waals surface area contributed by atoms with Gasteiger partial charge in [0.1, 0.15) is 0 Å². The standard InChI is InChI=1S/C20H28BBrO4/c1-6-7-8-13-24-18(23)14-17(15-9-11-16(22)12-10-15)21-25-19(2,3)20(4,5)26-21/h6,9-12,17H,1,7-8,13-14H2,2-5H3. The lowest BCUT2D eigenvalue weighted by molar-refractivity contribution is -0.143. The maximum absolute atomic E-state index is 12.4. The van der Waals surface area contributed by atoms with E-state index in [-0.39, 0.29) is 18.2 Å². The first-order chi connectivity index (χ1) is 12.2. The normalized spacial score (nSPS) is 19.2. The van der Waals surface area contributed by atoms with Crippen molar-refractivity contribution in [1.82, 2.24) is 0 Å². The van der Waals surface area contributed by atoms with Crippen molar-refractivity contribution in [2.24, 2.45) is 0 Å². The van der Waals surface area contributed by atoms with E-state index < -0.39 is 18.3 Å². The largest absolute Gasteiger partial charge is 0.466 e. The number of ether oxygens (including phenoxy) is 1. The van der Waals surface area contributed by atoms with Crippen molar-refractivity contribution in [2.75, 3.05) is 6.61 Å². The van der Waals surface area contributed by atoms with Crippen LogP contribution in [0.15, 0.2) is 41.4 Å². The second kappa shape index (κ2) is 8.72. The Kier molecular flexibility index (Phi) is 7.11.